The molecule has 11 rings (SSSR count). The fourth-order valence-electron chi connectivity index (χ4n) is 9.94. The summed E-state index contributed by atoms with van der Waals surface area (Å²) in [4.78, 5) is 9.18. The quantitative estimate of drug-likeness (QED) is 0.0843. The van der Waals surface area contributed by atoms with E-state index in [4.69, 9.17) is 0 Å². The average molecular weight is 991 g/mol. The Morgan fingerprint density at radius 1 is 0.260 bits per heavy atom. The van der Waals surface area contributed by atoms with Crippen molar-refractivity contribution in [1.82, 2.24) is 0 Å². The molecule has 0 amide bonds. The topological polar surface area (TPSA) is 13.0 Å². The van der Waals surface area contributed by atoms with Gasteiger partial charge in [-0.3, -0.25) is 0 Å². The van der Waals surface area contributed by atoms with Crippen LogP contribution in [-0.2, 0) is 0 Å². The van der Waals surface area contributed by atoms with E-state index >= 15 is 0 Å². The van der Waals surface area contributed by atoms with Gasteiger partial charge in [-0.05, 0) is 180 Å². The standard InChI is InChI=1S/C73H58N4/c1-3-57(35-34-56(2)74(63-22-10-4-11-23-63)69-46-38-59(39-47-69)60-40-50-70(51-41-60)75(64-24-12-5-13-25-64)65-26-14-6-15-27-65)58-36-48-72(49-37-58)77(68-32-20-9-21-33-68)73-54-44-62(45-55-73)61-42-52-71(53-43-61)76(66-28-16-7-17-29-66)67-30-18-8-19-31-67/h3-55H,1H2,2H3/b56-34+,57-35+. The highest BCUT2D eigenvalue weighted by Gasteiger charge is 2.17. The van der Waals surface area contributed by atoms with Crippen molar-refractivity contribution in [2.45, 2.75) is 6.92 Å². The van der Waals surface area contributed by atoms with E-state index in [1.54, 1.807) is 0 Å². The van der Waals surface area contributed by atoms with Gasteiger partial charge in [-0.1, -0.05) is 189 Å². The first kappa shape index (κ1) is 49.1. The van der Waals surface area contributed by atoms with Gasteiger partial charge in [0, 0.05) is 68.3 Å². The molecule has 0 heterocycles. The predicted octanol–water partition coefficient (Wildman–Crippen LogP) is 20.7. The largest absolute Gasteiger partial charge is 0.315 e. The molecule has 0 saturated heterocycles. The summed E-state index contributed by atoms with van der Waals surface area (Å²) < 4.78 is 0. The van der Waals surface area contributed by atoms with Gasteiger partial charge in [0.05, 0.1) is 0 Å². The summed E-state index contributed by atoms with van der Waals surface area (Å²) in [6.07, 6.45) is 6.29. The van der Waals surface area contributed by atoms with Crippen LogP contribution in [0.4, 0.5) is 62.6 Å². The number of hydrogen-bond donors (Lipinski definition) is 0. The van der Waals surface area contributed by atoms with E-state index in [1.807, 2.05) is 6.08 Å². The zero-order chi connectivity index (χ0) is 52.2. The Hall–Kier alpha value is -10.2. The van der Waals surface area contributed by atoms with Crippen LogP contribution in [0, 0.1) is 0 Å². The SMILES string of the molecule is C=C/C(=C\C=C(/C)N(c1ccccc1)c1ccc(-c2ccc(N(c3ccccc3)c3ccccc3)cc2)cc1)c1ccc(N(c2ccccc2)c2ccc(-c3ccc(N(c4ccccc4)c4ccccc4)cc3)cc2)cc1. The normalized spacial score (nSPS) is 11.4. The summed E-state index contributed by atoms with van der Waals surface area (Å²) >= 11 is 0. The van der Waals surface area contributed by atoms with Gasteiger partial charge in [0.2, 0.25) is 0 Å². The third kappa shape index (κ3) is 11.2. The van der Waals surface area contributed by atoms with Gasteiger partial charge in [-0.15, -0.1) is 0 Å². The molecule has 0 atom stereocenters. The number of benzene rings is 11. The Morgan fingerprint density at radius 3 is 0.753 bits per heavy atom. The molecule has 4 nitrogen and oxygen atoms in total. The summed E-state index contributed by atoms with van der Waals surface area (Å²) in [6, 6.07) is 107. The molecule has 0 aliphatic rings. The number of para-hydroxylation sites is 6. The fourth-order valence-corrected chi connectivity index (χ4v) is 9.94. The lowest BCUT2D eigenvalue weighted by atomic mass is 10.0. The number of rotatable bonds is 17. The molecule has 0 radical (unpaired) electrons. The summed E-state index contributed by atoms with van der Waals surface area (Å²) in [5.41, 5.74) is 19.8. The molecule has 11 aromatic carbocycles. The van der Waals surface area contributed by atoms with Crippen LogP contribution in [0.5, 0.6) is 0 Å². The molecule has 0 spiro atoms. The monoisotopic (exact) mass is 990 g/mol. The van der Waals surface area contributed by atoms with E-state index in [0.717, 1.165) is 102 Å². The molecule has 0 N–H and O–H groups in total. The van der Waals surface area contributed by atoms with Gasteiger partial charge in [-0.25, -0.2) is 0 Å². The molecule has 0 unspecified atom stereocenters. The van der Waals surface area contributed by atoms with Crippen LogP contribution in [0.15, 0.2) is 334 Å². The molecular formula is C73H58N4. The minimum Gasteiger partial charge on any atom is -0.315 e. The number of hydrogen-bond acceptors (Lipinski definition) is 4. The van der Waals surface area contributed by atoms with Crippen molar-refractivity contribution in [3.8, 4) is 22.3 Å². The van der Waals surface area contributed by atoms with Crippen molar-refractivity contribution in [1.29, 1.82) is 0 Å². The smallest absolute Gasteiger partial charge is 0.0462 e. The van der Waals surface area contributed by atoms with E-state index in [1.165, 1.54) is 0 Å². The molecular weight excluding hydrogens is 933 g/mol. The lowest BCUT2D eigenvalue weighted by Gasteiger charge is -2.26. The maximum Gasteiger partial charge on any atom is 0.0462 e. The van der Waals surface area contributed by atoms with Crippen molar-refractivity contribution in [3.05, 3.63) is 339 Å². The summed E-state index contributed by atoms with van der Waals surface area (Å²) in [6.45, 7) is 6.42. The Balaban J connectivity index is 0.823. The van der Waals surface area contributed by atoms with Gasteiger partial charge in [-0.2, -0.15) is 0 Å². The zero-order valence-electron chi connectivity index (χ0n) is 43.1. The summed E-state index contributed by atoms with van der Waals surface area (Å²) in [5.74, 6) is 0. The molecule has 370 valence electrons. The van der Waals surface area contributed by atoms with Crippen LogP contribution in [-0.4, -0.2) is 0 Å². The Kier molecular flexibility index (Phi) is 14.9. The van der Waals surface area contributed by atoms with Crippen LogP contribution in [0.2, 0.25) is 0 Å². The highest BCUT2D eigenvalue weighted by Crippen LogP contribution is 2.40. The average Bonchev–Trinajstić information content (AvgIpc) is 3.51. The Bertz CT molecular complexity index is 3620. The van der Waals surface area contributed by atoms with Gasteiger partial charge in [0.25, 0.3) is 0 Å². The van der Waals surface area contributed by atoms with Gasteiger partial charge in [0.1, 0.15) is 0 Å². The number of nitrogens with zero attached hydrogens (tertiary/aromatic N) is 4. The molecule has 4 heteroatoms. The number of anilines is 11. The lowest BCUT2D eigenvalue weighted by molar-refractivity contribution is 1.16. The highest BCUT2D eigenvalue weighted by atomic mass is 15.2. The van der Waals surface area contributed by atoms with Crippen molar-refractivity contribution >= 4 is 68.1 Å². The molecule has 11 aromatic rings. The van der Waals surface area contributed by atoms with Crippen molar-refractivity contribution in [3.63, 3.8) is 0 Å². The first-order valence-electron chi connectivity index (χ1n) is 26.1. The Morgan fingerprint density at radius 2 is 0.481 bits per heavy atom. The van der Waals surface area contributed by atoms with Gasteiger partial charge < -0.3 is 19.6 Å². The third-order valence-corrected chi connectivity index (χ3v) is 13.8. The predicted molar refractivity (Wildman–Crippen MR) is 328 cm³/mol. The van der Waals surface area contributed by atoms with E-state index in [9.17, 15) is 0 Å². The molecule has 0 aliphatic heterocycles. The van der Waals surface area contributed by atoms with Crippen molar-refractivity contribution < 1.29 is 0 Å². The molecule has 0 saturated carbocycles. The number of allylic oxidation sites excluding steroid dienone is 5. The van der Waals surface area contributed by atoms with Crippen molar-refractivity contribution in [2.24, 2.45) is 0 Å². The second kappa shape index (κ2) is 23.4. The molecule has 0 fully saturated rings. The van der Waals surface area contributed by atoms with Crippen LogP contribution in [0.3, 0.4) is 0 Å². The highest BCUT2D eigenvalue weighted by molar-refractivity contribution is 5.84. The van der Waals surface area contributed by atoms with E-state index in [2.05, 4.69) is 349 Å². The zero-order valence-corrected chi connectivity index (χ0v) is 43.1. The van der Waals surface area contributed by atoms with E-state index in [0.29, 0.717) is 0 Å². The molecule has 0 aromatic heterocycles. The summed E-state index contributed by atoms with van der Waals surface area (Å²) in [5, 5.41) is 0. The van der Waals surface area contributed by atoms with Crippen molar-refractivity contribution in [2.75, 3.05) is 19.6 Å². The summed E-state index contributed by atoms with van der Waals surface area (Å²) in [7, 11) is 0. The van der Waals surface area contributed by atoms with E-state index < -0.39 is 0 Å². The Labute approximate surface area is 454 Å². The first-order chi connectivity index (χ1) is 38.1. The molecule has 77 heavy (non-hydrogen) atoms. The lowest BCUT2D eigenvalue weighted by Crippen LogP contribution is -2.14. The van der Waals surface area contributed by atoms with Gasteiger partial charge >= 0.3 is 0 Å². The van der Waals surface area contributed by atoms with Crippen LogP contribution in [0.25, 0.3) is 27.8 Å². The van der Waals surface area contributed by atoms with E-state index in [-0.39, 0.29) is 0 Å². The van der Waals surface area contributed by atoms with Crippen LogP contribution >= 0.6 is 0 Å². The molecule has 0 bridgehead atoms. The minimum atomic E-state index is 1.03. The maximum atomic E-state index is 4.26. The first-order valence-corrected chi connectivity index (χ1v) is 26.1. The third-order valence-electron chi connectivity index (χ3n) is 13.8. The van der Waals surface area contributed by atoms with Crippen LogP contribution in [0.1, 0.15) is 12.5 Å². The van der Waals surface area contributed by atoms with Crippen LogP contribution < -0.4 is 19.6 Å². The molecule has 0 aliphatic carbocycles. The maximum absolute atomic E-state index is 4.26. The van der Waals surface area contributed by atoms with Gasteiger partial charge in [0.15, 0.2) is 0 Å². The fraction of sp³-hybridized carbons (Fsp3) is 0.0137. The second-order valence-electron chi connectivity index (χ2n) is 18.7. The second-order valence-corrected chi connectivity index (χ2v) is 18.7. The minimum absolute atomic E-state index is 1.03.